The molecule has 1 aliphatic rings. The van der Waals surface area contributed by atoms with Gasteiger partial charge < -0.3 is 9.84 Å². The van der Waals surface area contributed by atoms with Crippen molar-refractivity contribution in [1.82, 2.24) is 14.7 Å². The Hall–Kier alpha value is -1.40. The van der Waals surface area contributed by atoms with Crippen LogP contribution in [0.5, 0.6) is 0 Å². The van der Waals surface area contributed by atoms with E-state index in [9.17, 15) is 9.90 Å². The lowest BCUT2D eigenvalue weighted by Gasteiger charge is -2.32. The molecule has 1 fully saturated rings. The van der Waals surface area contributed by atoms with E-state index in [4.69, 9.17) is 4.74 Å². The number of hydrogen-bond donors (Lipinski definition) is 1. The van der Waals surface area contributed by atoms with Crippen molar-refractivity contribution < 1.29 is 14.6 Å². The van der Waals surface area contributed by atoms with Gasteiger partial charge in [0.1, 0.15) is 0 Å². The van der Waals surface area contributed by atoms with Crippen LogP contribution in [0.3, 0.4) is 0 Å². The number of carbonyl (C=O) groups is 1. The molecule has 1 N–H and O–H groups in total. The normalized spacial score (nSPS) is 24.3. The highest BCUT2D eigenvalue weighted by Gasteiger charge is 2.39. The Morgan fingerprint density at radius 1 is 1.50 bits per heavy atom. The molecule has 3 unspecified atom stereocenters. The SMILES string of the molecule is Cc1nn(C)c(C)c1C(C)N(C)C1COCC1C(=O)O. The van der Waals surface area contributed by atoms with Gasteiger partial charge in [-0.05, 0) is 27.8 Å². The van der Waals surface area contributed by atoms with E-state index in [1.807, 2.05) is 32.6 Å². The molecular weight excluding hydrogens is 258 g/mol. The molecule has 0 amide bonds. The molecular formula is C14H23N3O3. The standard InChI is InChI=1S/C14H23N3O3/c1-8-13(10(3)17(5)15-8)9(2)16(4)12-7-20-6-11(12)14(18)19/h9,11-12H,6-7H2,1-5H3,(H,18,19). The molecule has 0 radical (unpaired) electrons. The molecule has 0 saturated carbocycles. The largest absolute Gasteiger partial charge is 0.481 e. The van der Waals surface area contributed by atoms with Gasteiger partial charge in [-0.2, -0.15) is 5.10 Å². The number of likely N-dealkylation sites (N-methyl/N-ethyl adjacent to an activating group) is 1. The summed E-state index contributed by atoms with van der Waals surface area (Å²) in [6.45, 7) is 6.89. The predicted molar refractivity (Wildman–Crippen MR) is 74.6 cm³/mol. The average molecular weight is 281 g/mol. The van der Waals surface area contributed by atoms with Crippen LogP contribution < -0.4 is 0 Å². The second-order valence-electron chi connectivity index (χ2n) is 5.60. The highest BCUT2D eigenvalue weighted by atomic mass is 16.5. The quantitative estimate of drug-likeness (QED) is 0.896. The lowest BCUT2D eigenvalue weighted by Crippen LogP contribution is -2.42. The third kappa shape index (κ3) is 2.45. The summed E-state index contributed by atoms with van der Waals surface area (Å²) in [5.41, 5.74) is 3.29. The molecule has 0 aromatic carbocycles. The van der Waals surface area contributed by atoms with Crippen molar-refractivity contribution in [2.45, 2.75) is 32.9 Å². The molecule has 0 spiro atoms. The van der Waals surface area contributed by atoms with Gasteiger partial charge in [-0.3, -0.25) is 14.4 Å². The Balaban J connectivity index is 2.24. The van der Waals surface area contributed by atoms with Gasteiger partial charge in [0.25, 0.3) is 0 Å². The molecule has 6 heteroatoms. The molecule has 1 aromatic rings. The zero-order valence-electron chi connectivity index (χ0n) is 12.8. The van der Waals surface area contributed by atoms with Gasteiger partial charge in [-0.1, -0.05) is 0 Å². The number of ether oxygens (including phenoxy) is 1. The number of carboxylic acid groups (broad SMARTS) is 1. The molecule has 2 heterocycles. The predicted octanol–water partition coefficient (Wildman–Crippen LogP) is 1.13. The van der Waals surface area contributed by atoms with E-state index >= 15 is 0 Å². The zero-order valence-corrected chi connectivity index (χ0v) is 12.8. The molecule has 20 heavy (non-hydrogen) atoms. The van der Waals surface area contributed by atoms with Crippen molar-refractivity contribution in [2.24, 2.45) is 13.0 Å². The summed E-state index contributed by atoms with van der Waals surface area (Å²) in [6, 6.07) is 0.0127. The first-order valence-electron chi connectivity index (χ1n) is 6.87. The lowest BCUT2D eigenvalue weighted by molar-refractivity contribution is -0.143. The Bertz CT molecular complexity index is 512. The number of carboxylic acids is 1. The minimum absolute atomic E-state index is 0.0958. The topological polar surface area (TPSA) is 67.6 Å². The number of aryl methyl sites for hydroxylation is 2. The van der Waals surface area contributed by atoms with Gasteiger partial charge in [0.05, 0.1) is 24.8 Å². The van der Waals surface area contributed by atoms with Crippen LogP contribution in [-0.4, -0.2) is 52.1 Å². The van der Waals surface area contributed by atoms with Gasteiger partial charge >= 0.3 is 5.97 Å². The fraction of sp³-hybridized carbons (Fsp3) is 0.714. The molecule has 0 aliphatic carbocycles. The van der Waals surface area contributed by atoms with Crippen molar-refractivity contribution >= 4 is 5.97 Å². The van der Waals surface area contributed by atoms with Gasteiger partial charge in [-0.25, -0.2) is 0 Å². The summed E-state index contributed by atoms with van der Waals surface area (Å²) < 4.78 is 7.23. The van der Waals surface area contributed by atoms with E-state index < -0.39 is 11.9 Å². The van der Waals surface area contributed by atoms with E-state index in [0.29, 0.717) is 13.2 Å². The van der Waals surface area contributed by atoms with Gasteiger partial charge in [0.15, 0.2) is 0 Å². The van der Waals surface area contributed by atoms with E-state index in [2.05, 4.69) is 16.9 Å². The second-order valence-corrected chi connectivity index (χ2v) is 5.60. The van der Waals surface area contributed by atoms with Crippen LogP contribution in [0.1, 0.15) is 29.9 Å². The monoisotopic (exact) mass is 281 g/mol. The zero-order chi connectivity index (χ0) is 15.0. The summed E-state index contributed by atoms with van der Waals surface area (Å²) >= 11 is 0. The van der Waals surface area contributed by atoms with Crippen molar-refractivity contribution in [2.75, 3.05) is 20.3 Å². The van der Waals surface area contributed by atoms with Crippen LogP contribution in [-0.2, 0) is 16.6 Å². The molecule has 6 nitrogen and oxygen atoms in total. The summed E-state index contributed by atoms with van der Waals surface area (Å²) in [5, 5.41) is 13.7. The number of aliphatic carboxylic acids is 1. The maximum Gasteiger partial charge on any atom is 0.310 e. The Morgan fingerprint density at radius 3 is 2.65 bits per heavy atom. The van der Waals surface area contributed by atoms with Crippen LogP contribution in [0.15, 0.2) is 0 Å². The Labute approximate surface area is 119 Å². The van der Waals surface area contributed by atoms with Crippen LogP contribution in [0.4, 0.5) is 0 Å². The number of nitrogens with zero attached hydrogens (tertiary/aromatic N) is 3. The van der Waals surface area contributed by atoms with Gasteiger partial charge in [0.2, 0.25) is 0 Å². The molecule has 2 rings (SSSR count). The highest BCUT2D eigenvalue weighted by molar-refractivity contribution is 5.71. The van der Waals surface area contributed by atoms with Gasteiger partial charge in [0, 0.05) is 30.4 Å². The fourth-order valence-corrected chi connectivity index (χ4v) is 3.07. The van der Waals surface area contributed by atoms with Crippen molar-refractivity contribution in [3.05, 3.63) is 17.0 Å². The molecule has 1 saturated heterocycles. The third-order valence-corrected chi connectivity index (χ3v) is 4.48. The minimum Gasteiger partial charge on any atom is -0.481 e. The molecule has 0 bridgehead atoms. The summed E-state index contributed by atoms with van der Waals surface area (Å²) in [7, 11) is 3.89. The van der Waals surface area contributed by atoms with Gasteiger partial charge in [-0.15, -0.1) is 0 Å². The van der Waals surface area contributed by atoms with Crippen molar-refractivity contribution in [3.63, 3.8) is 0 Å². The minimum atomic E-state index is -0.786. The molecule has 1 aromatic heterocycles. The molecule has 3 atom stereocenters. The highest BCUT2D eigenvalue weighted by Crippen LogP contribution is 2.30. The number of aromatic nitrogens is 2. The lowest BCUT2D eigenvalue weighted by atomic mass is 9.98. The van der Waals surface area contributed by atoms with Crippen LogP contribution in [0, 0.1) is 19.8 Å². The molecule has 1 aliphatic heterocycles. The smallest absolute Gasteiger partial charge is 0.310 e. The summed E-state index contributed by atoms with van der Waals surface area (Å²) in [4.78, 5) is 13.4. The summed E-state index contributed by atoms with van der Waals surface area (Å²) in [5.74, 6) is -1.24. The van der Waals surface area contributed by atoms with E-state index in [0.717, 1.165) is 11.4 Å². The Morgan fingerprint density at radius 2 is 2.15 bits per heavy atom. The van der Waals surface area contributed by atoms with Crippen LogP contribution >= 0.6 is 0 Å². The van der Waals surface area contributed by atoms with Crippen LogP contribution in [0.25, 0.3) is 0 Å². The maximum atomic E-state index is 11.3. The number of rotatable bonds is 4. The van der Waals surface area contributed by atoms with E-state index in [-0.39, 0.29) is 12.1 Å². The maximum absolute atomic E-state index is 11.3. The van der Waals surface area contributed by atoms with Crippen molar-refractivity contribution in [1.29, 1.82) is 0 Å². The van der Waals surface area contributed by atoms with Crippen LogP contribution in [0.2, 0.25) is 0 Å². The van der Waals surface area contributed by atoms with Crippen molar-refractivity contribution in [3.8, 4) is 0 Å². The van der Waals surface area contributed by atoms with E-state index in [1.165, 1.54) is 5.56 Å². The third-order valence-electron chi connectivity index (χ3n) is 4.48. The fourth-order valence-electron chi connectivity index (χ4n) is 3.07. The van der Waals surface area contributed by atoms with E-state index in [1.54, 1.807) is 0 Å². The second kappa shape index (κ2) is 5.54. The first-order chi connectivity index (χ1) is 9.34. The first-order valence-corrected chi connectivity index (χ1v) is 6.87. The Kier molecular flexibility index (Phi) is 4.15. The molecule has 112 valence electrons. The summed E-state index contributed by atoms with van der Waals surface area (Å²) in [6.07, 6.45) is 0. The number of hydrogen-bond acceptors (Lipinski definition) is 4. The first kappa shape index (κ1) is 15.0. The average Bonchev–Trinajstić information content (AvgIpc) is 2.94.